The lowest BCUT2D eigenvalue weighted by Crippen LogP contribution is -2.20. The standard InChI is InChI=1S/C13H11ClN2O3S/c1-7-6-8(12(17)18)11(20-7)16-13(19)15-10-5-3-2-4-9(10)14/h2-6H,1H3,(H,17,18)(H2,15,16,19). The monoisotopic (exact) mass is 310 g/mol. The number of halogens is 1. The summed E-state index contributed by atoms with van der Waals surface area (Å²) in [6.07, 6.45) is 0. The molecule has 0 fully saturated rings. The van der Waals surface area contributed by atoms with Crippen LogP contribution in [0, 0.1) is 6.92 Å². The molecule has 20 heavy (non-hydrogen) atoms. The van der Waals surface area contributed by atoms with E-state index in [1.54, 1.807) is 31.2 Å². The summed E-state index contributed by atoms with van der Waals surface area (Å²) in [4.78, 5) is 23.7. The first-order valence-corrected chi connectivity index (χ1v) is 6.83. The van der Waals surface area contributed by atoms with Crippen LogP contribution in [0.1, 0.15) is 15.2 Å². The molecule has 0 aliphatic heterocycles. The molecule has 0 spiro atoms. The van der Waals surface area contributed by atoms with Gasteiger partial charge in [0.15, 0.2) is 0 Å². The Bertz CT molecular complexity index is 669. The van der Waals surface area contributed by atoms with Crippen LogP contribution in [0.15, 0.2) is 30.3 Å². The molecule has 0 saturated heterocycles. The number of nitrogens with one attached hydrogen (secondary N) is 2. The van der Waals surface area contributed by atoms with Crippen molar-refractivity contribution in [1.82, 2.24) is 0 Å². The summed E-state index contributed by atoms with van der Waals surface area (Å²) in [7, 11) is 0. The van der Waals surface area contributed by atoms with Crippen LogP contribution in [0.5, 0.6) is 0 Å². The molecule has 0 saturated carbocycles. The van der Waals surface area contributed by atoms with Crippen molar-refractivity contribution < 1.29 is 14.7 Å². The summed E-state index contributed by atoms with van der Waals surface area (Å²) >= 11 is 7.12. The summed E-state index contributed by atoms with van der Waals surface area (Å²) in [6, 6.07) is 7.76. The van der Waals surface area contributed by atoms with Crippen molar-refractivity contribution in [3.63, 3.8) is 0 Å². The maximum absolute atomic E-state index is 11.9. The van der Waals surface area contributed by atoms with E-state index in [4.69, 9.17) is 16.7 Å². The molecular formula is C13H11ClN2O3S. The molecule has 0 bridgehead atoms. The molecule has 0 atom stereocenters. The lowest BCUT2D eigenvalue weighted by molar-refractivity contribution is 0.0698. The minimum absolute atomic E-state index is 0.0711. The molecule has 3 N–H and O–H groups in total. The predicted molar refractivity (Wildman–Crippen MR) is 80.1 cm³/mol. The third kappa shape index (κ3) is 3.28. The number of anilines is 2. The first-order valence-electron chi connectivity index (χ1n) is 5.63. The Labute approximate surface area is 124 Å². The molecule has 1 aromatic heterocycles. The second-order valence-electron chi connectivity index (χ2n) is 3.96. The number of para-hydroxylation sites is 1. The van der Waals surface area contributed by atoms with Gasteiger partial charge >= 0.3 is 12.0 Å². The number of carbonyl (C=O) groups excluding carboxylic acids is 1. The Balaban J connectivity index is 2.13. The second kappa shape index (κ2) is 5.94. The van der Waals surface area contributed by atoms with E-state index in [-0.39, 0.29) is 5.56 Å². The number of amides is 2. The van der Waals surface area contributed by atoms with Crippen molar-refractivity contribution in [1.29, 1.82) is 0 Å². The SMILES string of the molecule is Cc1cc(C(=O)O)c(NC(=O)Nc2ccccc2Cl)s1. The lowest BCUT2D eigenvalue weighted by Gasteiger charge is -2.08. The number of carboxylic acid groups (broad SMARTS) is 1. The number of hydrogen-bond acceptors (Lipinski definition) is 3. The fourth-order valence-corrected chi connectivity index (χ4v) is 2.67. The lowest BCUT2D eigenvalue weighted by atomic mass is 10.3. The average Bonchev–Trinajstić information content (AvgIpc) is 2.73. The van der Waals surface area contributed by atoms with Crippen molar-refractivity contribution in [2.24, 2.45) is 0 Å². The normalized spacial score (nSPS) is 10.1. The van der Waals surface area contributed by atoms with Crippen LogP contribution in [-0.4, -0.2) is 17.1 Å². The van der Waals surface area contributed by atoms with Crippen LogP contribution in [0.25, 0.3) is 0 Å². The van der Waals surface area contributed by atoms with E-state index in [0.717, 1.165) is 4.88 Å². The third-order valence-corrected chi connectivity index (χ3v) is 3.73. The third-order valence-electron chi connectivity index (χ3n) is 2.43. The molecule has 2 rings (SSSR count). The molecule has 2 aromatic rings. The van der Waals surface area contributed by atoms with Gasteiger partial charge in [0, 0.05) is 4.88 Å². The molecule has 1 aromatic carbocycles. The van der Waals surface area contributed by atoms with Crippen LogP contribution in [-0.2, 0) is 0 Å². The highest BCUT2D eigenvalue weighted by molar-refractivity contribution is 7.16. The Hall–Kier alpha value is -2.05. The Morgan fingerprint density at radius 3 is 2.60 bits per heavy atom. The topological polar surface area (TPSA) is 78.4 Å². The number of hydrogen-bond donors (Lipinski definition) is 3. The van der Waals surface area contributed by atoms with E-state index < -0.39 is 12.0 Å². The number of aromatic carboxylic acids is 1. The molecule has 0 aliphatic rings. The van der Waals surface area contributed by atoms with Crippen molar-refractivity contribution >= 4 is 45.6 Å². The molecule has 0 unspecified atom stereocenters. The van der Waals surface area contributed by atoms with Gasteiger partial charge in [0.25, 0.3) is 0 Å². The zero-order valence-electron chi connectivity index (χ0n) is 10.4. The molecule has 104 valence electrons. The number of carboxylic acids is 1. The summed E-state index contributed by atoms with van der Waals surface area (Å²) in [5.74, 6) is -1.08. The summed E-state index contributed by atoms with van der Waals surface area (Å²) < 4.78 is 0. The van der Waals surface area contributed by atoms with Crippen LogP contribution < -0.4 is 10.6 Å². The highest BCUT2D eigenvalue weighted by Gasteiger charge is 2.16. The van der Waals surface area contributed by atoms with E-state index in [1.807, 2.05) is 0 Å². The van der Waals surface area contributed by atoms with Gasteiger partial charge in [-0.05, 0) is 25.1 Å². The molecular weight excluding hydrogens is 300 g/mol. The van der Waals surface area contributed by atoms with Crippen molar-refractivity contribution in [3.05, 3.63) is 45.8 Å². The van der Waals surface area contributed by atoms with E-state index in [0.29, 0.717) is 15.7 Å². The number of thiophene rings is 1. The van der Waals surface area contributed by atoms with Crippen molar-refractivity contribution in [3.8, 4) is 0 Å². The quantitative estimate of drug-likeness (QED) is 0.800. The minimum Gasteiger partial charge on any atom is -0.478 e. The predicted octanol–water partition coefficient (Wildman–Crippen LogP) is 4.05. The van der Waals surface area contributed by atoms with Gasteiger partial charge in [-0.15, -0.1) is 11.3 Å². The van der Waals surface area contributed by atoms with Gasteiger partial charge in [-0.25, -0.2) is 9.59 Å². The molecule has 0 radical (unpaired) electrons. The number of aryl methyl sites for hydroxylation is 1. The van der Waals surface area contributed by atoms with Gasteiger partial charge in [-0.2, -0.15) is 0 Å². The van der Waals surface area contributed by atoms with E-state index >= 15 is 0 Å². The molecule has 5 nitrogen and oxygen atoms in total. The largest absolute Gasteiger partial charge is 0.478 e. The highest BCUT2D eigenvalue weighted by atomic mass is 35.5. The molecule has 0 aliphatic carbocycles. The van der Waals surface area contributed by atoms with Crippen molar-refractivity contribution in [2.45, 2.75) is 6.92 Å². The van der Waals surface area contributed by atoms with E-state index in [2.05, 4.69) is 10.6 Å². The molecule has 2 amide bonds. The van der Waals surface area contributed by atoms with Crippen LogP contribution in [0.4, 0.5) is 15.5 Å². The van der Waals surface area contributed by atoms with Gasteiger partial charge < -0.3 is 10.4 Å². The zero-order valence-corrected chi connectivity index (χ0v) is 12.0. The first kappa shape index (κ1) is 14.4. The van der Waals surface area contributed by atoms with E-state index in [1.165, 1.54) is 17.4 Å². The number of urea groups is 1. The molecule has 7 heteroatoms. The number of benzene rings is 1. The summed E-state index contributed by atoms with van der Waals surface area (Å²) in [6.45, 7) is 1.77. The average molecular weight is 311 g/mol. The van der Waals surface area contributed by atoms with Crippen LogP contribution in [0.2, 0.25) is 5.02 Å². The van der Waals surface area contributed by atoms with Gasteiger partial charge in [-0.1, -0.05) is 23.7 Å². The summed E-state index contributed by atoms with van der Waals surface area (Å²) in [5, 5.41) is 14.8. The molecule has 1 heterocycles. The number of carbonyl (C=O) groups is 2. The Morgan fingerprint density at radius 1 is 1.25 bits per heavy atom. The Kier molecular flexibility index (Phi) is 4.26. The van der Waals surface area contributed by atoms with Crippen LogP contribution >= 0.6 is 22.9 Å². The minimum atomic E-state index is -1.08. The maximum Gasteiger partial charge on any atom is 0.338 e. The van der Waals surface area contributed by atoms with Gasteiger partial charge in [0.1, 0.15) is 5.00 Å². The summed E-state index contributed by atoms with van der Waals surface area (Å²) in [5.41, 5.74) is 0.527. The second-order valence-corrected chi connectivity index (χ2v) is 5.63. The Morgan fingerprint density at radius 2 is 1.95 bits per heavy atom. The fraction of sp³-hybridized carbons (Fsp3) is 0.0769. The van der Waals surface area contributed by atoms with Crippen LogP contribution in [0.3, 0.4) is 0 Å². The first-order chi connectivity index (χ1) is 9.47. The fourth-order valence-electron chi connectivity index (χ4n) is 1.59. The van der Waals surface area contributed by atoms with Crippen molar-refractivity contribution in [2.75, 3.05) is 10.6 Å². The maximum atomic E-state index is 11.9. The van der Waals surface area contributed by atoms with Gasteiger partial charge in [0.2, 0.25) is 0 Å². The van der Waals surface area contributed by atoms with Gasteiger partial charge in [-0.3, -0.25) is 5.32 Å². The van der Waals surface area contributed by atoms with Gasteiger partial charge in [0.05, 0.1) is 16.3 Å². The zero-order chi connectivity index (χ0) is 14.7. The number of rotatable bonds is 3. The van der Waals surface area contributed by atoms with E-state index in [9.17, 15) is 9.59 Å². The highest BCUT2D eigenvalue weighted by Crippen LogP contribution is 2.28. The smallest absolute Gasteiger partial charge is 0.338 e.